The molecule has 14 heavy (non-hydrogen) atoms. The second kappa shape index (κ2) is 3.35. The van der Waals surface area contributed by atoms with Gasteiger partial charge in [0, 0.05) is 22.8 Å². The van der Waals surface area contributed by atoms with E-state index in [1.54, 1.807) is 11.3 Å². The lowest BCUT2D eigenvalue weighted by molar-refractivity contribution is -0.119. The largest absolute Gasteiger partial charge is 0.353 e. The normalized spacial score (nSPS) is 31.9. The molecule has 1 saturated heterocycles. The fourth-order valence-electron chi connectivity index (χ4n) is 1.86. The van der Waals surface area contributed by atoms with E-state index in [4.69, 9.17) is 0 Å². The zero-order chi connectivity index (χ0) is 10.3. The summed E-state index contributed by atoms with van der Waals surface area (Å²) >= 11 is 5.17. The summed E-state index contributed by atoms with van der Waals surface area (Å²) in [6, 6.07) is 4.37. The number of nitrogens with one attached hydrogen (secondary N) is 1. The van der Waals surface area contributed by atoms with Crippen molar-refractivity contribution in [1.82, 2.24) is 5.32 Å². The van der Waals surface area contributed by atoms with Gasteiger partial charge in [0.1, 0.15) is 0 Å². The molecule has 1 aromatic rings. The summed E-state index contributed by atoms with van der Waals surface area (Å²) in [4.78, 5) is 12.6. The molecule has 1 aliphatic rings. The van der Waals surface area contributed by atoms with Crippen molar-refractivity contribution in [2.45, 2.75) is 31.7 Å². The summed E-state index contributed by atoms with van der Waals surface area (Å²) in [6.07, 6.45) is 0.598. The average Bonchev–Trinajstić information content (AvgIpc) is 2.59. The van der Waals surface area contributed by atoms with E-state index in [1.807, 2.05) is 6.07 Å². The minimum Gasteiger partial charge on any atom is -0.353 e. The van der Waals surface area contributed by atoms with Gasteiger partial charge in [0.25, 0.3) is 0 Å². The van der Waals surface area contributed by atoms with E-state index < -0.39 is 0 Å². The number of carbonyl (C=O) groups is 1. The molecule has 2 nitrogen and oxygen atoms in total. The first-order chi connectivity index (χ1) is 6.52. The quantitative estimate of drug-likeness (QED) is 0.838. The molecule has 0 bridgehead atoms. The topological polar surface area (TPSA) is 29.1 Å². The minimum absolute atomic E-state index is 0.0340. The summed E-state index contributed by atoms with van der Waals surface area (Å²) < 4.78 is 1.13. The first-order valence-corrected chi connectivity index (χ1v) is 6.18. The van der Waals surface area contributed by atoms with Crippen LogP contribution < -0.4 is 5.32 Å². The zero-order valence-electron chi connectivity index (χ0n) is 8.13. The molecule has 2 unspecified atom stereocenters. The summed E-state index contributed by atoms with van der Waals surface area (Å²) in [7, 11) is 0. The lowest BCUT2D eigenvalue weighted by Crippen LogP contribution is -2.34. The van der Waals surface area contributed by atoms with Crippen LogP contribution in [0.1, 0.15) is 25.1 Å². The van der Waals surface area contributed by atoms with Crippen LogP contribution >= 0.6 is 27.3 Å². The second-order valence-electron chi connectivity index (χ2n) is 3.99. The first kappa shape index (κ1) is 10.2. The highest BCUT2D eigenvalue weighted by Crippen LogP contribution is 2.40. The van der Waals surface area contributed by atoms with Crippen molar-refractivity contribution >= 4 is 33.2 Å². The van der Waals surface area contributed by atoms with E-state index in [1.165, 1.54) is 4.88 Å². The highest BCUT2D eigenvalue weighted by atomic mass is 79.9. The predicted molar refractivity (Wildman–Crippen MR) is 61.6 cm³/mol. The molecule has 1 N–H and O–H groups in total. The molecule has 4 heteroatoms. The smallest absolute Gasteiger partial charge is 0.221 e. The van der Waals surface area contributed by atoms with E-state index in [9.17, 15) is 4.79 Å². The minimum atomic E-state index is -0.0340. The number of rotatable bonds is 1. The van der Waals surface area contributed by atoms with Crippen LogP contribution in [0, 0.1) is 0 Å². The lowest BCUT2D eigenvalue weighted by Gasteiger charge is -2.25. The molecular weight excluding hydrogens is 262 g/mol. The number of amides is 1. The molecule has 0 aliphatic carbocycles. The number of halogens is 1. The molecule has 2 rings (SSSR count). The Bertz CT molecular complexity index is 376. The highest BCUT2D eigenvalue weighted by molar-refractivity contribution is 9.11. The Morgan fingerprint density at radius 1 is 1.64 bits per heavy atom. The van der Waals surface area contributed by atoms with Gasteiger partial charge < -0.3 is 5.32 Å². The molecule has 0 saturated carbocycles. The van der Waals surface area contributed by atoms with Crippen molar-refractivity contribution < 1.29 is 4.79 Å². The Kier molecular flexibility index (Phi) is 2.43. The Labute approximate surface area is 95.8 Å². The summed E-state index contributed by atoms with van der Waals surface area (Å²) in [5.74, 6) is 0.157. The van der Waals surface area contributed by atoms with E-state index in [2.05, 4.69) is 41.2 Å². The van der Waals surface area contributed by atoms with Gasteiger partial charge >= 0.3 is 0 Å². The maximum absolute atomic E-state index is 11.3. The average molecular weight is 274 g/mol. The molecule has 0 aromatic carbocycles. The highest BCUT2D eigenvalue weighted by Gasteiger charge is 2.42. The van der Waals surface area contributed by atoms with E-state index >= 15 is 0 Å². The monoisotopic (exact) mass is 273 g/mol. The third kappa shape index (κ3) is 1.50. The predicted octanol–water partition coefficient (Wildman–Crippen LogP) is 2.68. The zero-order valence-corrected chi connectivity index (χ0v) is 10.5. The SMILES string of the molecule is CC1NC(=O)CC1(C)c1ccc(Br)s1. The van der Waals surface area contributed by atoms with Gasteiger partial charge in [0.2, 0.25) is 5.91 Å². The lowest BCUT2D eigenvalue weighted by atomic mass is 9.82. The van der Waals surface area contributed by atoms with E-state index in [-0.39, 0.29) is 17.4 Å². The van der Waals surface area contributed by atoms with Gasteiger partial charge in [-0.1, -0.05) is 6.92 Å². The molecule has 0 radical (unpaired) electrons. The van der Waals surface area contributed by atoms with Gasteiger partial charge in [-0.05, 0) is 35.0 Å². The number of hydrogen-bond donors (Lipinski definition) is 1. The maximum Gasteiger partial charge on any atom is 0.221 e. The summed E-state index contributed by atoms with van der Waals surface area (Å²) in [5.41, 5.74) is -0.0340. The standard InChI is InChI=1S/C10H12BrNOS/c1-6-10(2,5-9(13)12-6)7-3-4-8(11)14-7/h3-4,6H,5H2,1-2H3,(H,12,13). The number of carbonyl (C=O) groups excluding carboxylic acids is 1. The van der Waals surface area contributed by atoms with Crippen molar-refractivity contribution in [3.63, 3.8) is 0 Å². The number of thiophene rings is 1. The molecule has 2 atom stereocenters. The second-order valence-corrected chi connectivity index (χ2v) is 6.45. The molecule has 2 heterocycles. The van der Waals surface area contributed by atoms with Crippen LogP contribution in [-0.4, -0.2) is 11.9 Å². The molecule has 1 aliphatic heterocycles. The fourth-order valence-corrected chi connectivity index (χ4v) is 3.48. The molecule has 1 amide bonds. The molecular formula is C10H12BrNOS. The fraction of sp³-hybridized carbons (Fsp3) is 0.500. The molecule has 0 spiro atoms. The van der Waals surface area contributed by atoms with Crippen molar-refractivity contribution in [2.75, 3.05) is 0 Å². The van der Waals surface area contributed by atoms with E-state index in [0.29, 0.717) is 6.42 Å². The van der Waals surface area contributed by atoms with E-state index in [0.717, 1.165) is 3.79 Å². The summed E-state index contributed by atoms with van der Waals surface area (Å²) in [6.45, 7) is 4.21. The van der Waals surface area contributed by atoms with Crippen LogP contribution in [0.2, 0.25) is 0 Å². The van der Waals surface area contributed by atoms with Crippen LogP contribution in [0.4, 0.5) is 0 Å². The van der Waals surface area contributed by atoms with Crippen LogP contribution in [0.25, 0.3) is 0 Å². The molecule has 1 aromatic heterocycles. The van der Waals surface area contributed by atoms with Crippen LogP contribution in [0.5, 0.6) is 0 Å². The van der Waals surface area contributed by atoms with Crippen molar-refractivity contribution in [3.05, 3.63) is 20.8 Å². The van der Waals surface area contributed by atoms with Gasteiger partial charge in [-0.15, -0.1) is 11.3 Å². The van der Waals surface area contributed by atoms with Gasteiger partial charge in [0.05, 0.1) is 3.79 Å². The van der Waals surface area contributed by atoms with Crippen LogP contribution in [0.15, 0.2) is 15.9 Å². The van der Waals surface area contributed by atoms with Crippen molar-refractivity contribution in [3.8, 4) is 0 Å². The first-order valence-electron chi connectivity index (χ1n) is 4.57. The van der Waals surface area contributed by atoms with Crippen LogP contribution in [-0.2, 0) is 10.2 Å². The Morgan fingerprint density at radius 3 is 2.79 bits per heavy atom. The van der Waals surface area contributed by atoms with Crippen molar-refractivity contribution in [1.29, 1.82) is 0 Å². The molecule has 76 valence electrons. The van der Waals surface area contributed by atoms with Gasteiger partial charge in [-0.25, -0.2) is 0 Å². The van der Waals surface area contributed by atoms with Gasteiger partial charge in [0.15, 0.2) is 0 Å². The van der Waals surface area contributed by atoms with Crippen LogP contribution in [0.3, 0.4) is 0 Å². The third-order valence-corrected chi connectivity index (χ3v) is 4.90. The Morgan fingerprint density at radius 2 is 2.36 bits per heavy atom. The van der Waals surface area contributed by atoms with Gasteiger partial charge in [-0.2, -0.15) is 0 Å². The van der Waals surface area contributed by atoms with Gasteiger partial charge in [-0.3, -0.25) is 4.79 Å². The number of hydrogen-bond acceptors (Lipinski definition) is 2. The Balaban J connectivity index is 2.37. The Hall–Kier alpha value is -0.350. The summed E-state index contributed by atoms with van der Waals surface area (Å²) in [5, 5.41) is 2.97. The van der Waals surface area contributed by atoms with Crippen molar-refractivity contribution in [2.24, 2.45) is 0 Å². The molecule has 1 fully saturated rings. The maximum atomic E-state index is 11.3. The third-order valence-electron chi connectivity index (χ3n) is 3.00.